The molecule has 1 aliphatic rings. The van der Waals surface area contributed by atoms with Gasteiger partial charge in [-0.1, -0.05) is 115 Å². The molecule has 6 nitrogen and oxygen atoms in total. The smallest absolute Gasteiger partial charge is 0.196 e. The van der Waals surface area contributed by atoms with E-state index in [1.54, 1.807) is 12.1 Å². The second-order valence-corrected chi connectivity index (χ2v) is 13.4. The van der Waals surface area contributed by atoms with E-state index >= 15 is 0 Å². The molecule has 0 bridgehead atoms. The maximum absolute atomic E-state index is 14.0. The van der Waals surface area contributed by atoms with Crippen molar-refractivity contribution in [1.29, 1.82) is 0 Å². The molecular formula is C44H54N2O4. The van der Waals surface area contributed by atoms with Crippen LogP contribution < -0.4 is 20.1 Å². The van der Waals surface area contributed by atoms with Crippen LogP contribution >= 0.6 is 0 Å². The van der Waals surface area contributed by atoms with Crippen molar-refractivity contribution in [2.45, 2.75) is 104 Å². The summed E-state index contributed by atoms with van der Waals surface area (Å²) in [4.78, 5) is 27.9. The van der Waals surface area contributed by atoms with Crippen LogP contribution in [0.1, 0.15) is 136 Å². The van der Waals surface area contributed by atoms with Gasteiger partial charge in [-0.3, -0.25) is 9.59 Å². The zero-order valence-corrected chi connectivity index (χ0v) is 30.0. The summed E-state index contributed by atoms with van der Waals surface area (Å²) in [7, 11) is 0. The number of ketones is 2. The highest BCUT2D eigenvalue weighted by Gasteiger charge is 2.33. The lowest BCUT2D eigenvalue weighted by Gasteiger charge is -2.23. The van der Waals surface area contributed by atoms with Gasteiger partial charge in [-0.15, -0.1) is 0 Å². The number of ether oxygens (including phenoxy) is 2. The monoisotopic (exact) mass is 674 g/mol. The third-order valence-electron chi connectivity index (χ3n) is 9.37. The maximum Gasteiger partial charge on any atom is 0.196 e. The summed E-state index contributed by atoms with van der Waals surface area (Å²) in [6.07, 6.45) is 17.5. The minimum absolute atomic E-state index is 0.176. The number of anilines is 4. The van der Waals surface area contributed by atoms with Gasteiger partial charge in [0.2, 0.25) is 0 Å². The number of carbonyl (C=O) groups excluding carboxylic acids is 2. The van der Waals surface area contributed by atoms with Gasteiger partial charge in [0, 0.05) is 22.5 Å². The van der Waals surface area contributed by atoms with E-state index in [-0.39, 0.29) is 11.6 Å². The van der Waals surface area contributed by atoms with E-state index in [2.05, 4.69) is 24.5 Å². The fourth-order valence-electron chi connectivity index (χ4n) is 6.53. The molecule has 6 heteroatoms. The molecule has 0 radical (unpaired) electrons. The van der Waals surface area contributed by atoms with Crippen LogP contribution in [0.25, 0.3) is 0 Å². The largest absolute Gasteiger partial charge is 0.494 e. The van der Waals surface area contributed by atoms with Crippen molar-refractivity contribution in [1.82, 2.24) is 0 Å². The molecule has 50 heavy (non-hydrogen) atoms. The molecule has 4 aromatic rings. The lowest BCUT2D eigenvalue weighted by Crippen LogP contribution is -2.23. The molecule has 2 N–H and O–H groups in total. The van der Waals surface area contributed by atoms with E-state index in [0.29, 0.717) is 46.8 Å². The number of hydrogen-bond acceptors (Lipinski definition) is 6. The van der Waals surface area contributed by atoms with Crippen molar-refractivity contribution in [3.63, 3.8) is 0 Å². The molecule has 0 saturated carbocycles. The van der Waals surface area contributed by atoms with E-state index in [0.717, 1.165) is 35.7 Å². The third kappa shape index (κ3) is 10.2. The molecule has 0 spiro atoms. The Bertz CT molecular complexity index is 1540. The number of hydrogen-bond donors (Lipinski definition) is 2. The SMILES string of the molecule is CCCCCCCCCOc1ccc(Nc2cccc3c2C(=O)c2cccc(Nc4ccc(OCCCCCCCCC)cc4)c2C3=O)cc1. The van der Waals surface area contributed by atoms with Crippen molar-refractivity contribution < 1.29 is 19.1 Å². The first-order chi connectivity index (χ1) is 24.6. The van der Waals surface area contributed by atoms with Gasteiger partial charge < -0.3 is 20.1 Å². The van der Waals surface area contributed by atoms with E-state index < -0.39 is 0 Å². The first kappa shape index (κ1) is 36.7. The van der Waals surface area contributed by atoms with Gasteiger partial charge in [-0.2, -0.15) is 0 Å². The zero-order chi connectivity index (χ0) is 35.0. The summed E-state index contributed by atoms with van der Waals surface area (Å²) in [5.41, 5.74) is 4.42. The van der Waals surface area contributed by atoms with Gasteiger partial charge in [0.1, 0.15) is 11.5 Å². The molecule has 5 rings (SSSR count). The highest BCUT2D eigenvalue weighted by atomic mass is 16.5. The Hall–Kier alpha value is -4.58. The topological polar surface area (TPSA) is 76.7 Å². The molecule has 0 amide bonds. The molecule has 0 atom stereocenters. The molecule has 264 valence electrons. The molecule has 0 unspecified atom stereocenters. The van der Waals surface area contributed by atoms with E-state index in [1.165, 1.54) is 77.0 Å². The van der Waals surface area contributed by atoms with Crippen molar-refractivity contribution in [2.75, 3.05) is 23.8 Å². The second-order valence-electron chi connectivity index (χ2n) is 13.4. The molecule has 0 heterocycles. The lowest BCUT2D eigenvalue weighted by atomic mass is 9.82. The fraction of sp³-hybridized carbons (Fsp3) is 0.409. The molecular weight excluding hydrogens is 620 g/mol. The average Bonchev–Trinajstić information content (AvgIpc) is 3.14. The lowest BCUT2D eigenvalue weighted by molar-refractivity contribution is 0.0980. The minimum Gasteiger partial charge on any atom is -0.494 e. The van der Waals surface area contributed by atoms with E-state index in [4.69, 9.17) is 9.47 Å². The van der Waals surface area contributed by atoms with Gasteiger partial charge in [0.15, 0.2) is 11.6 Å². The van der Waals surface area contributed by atoms with Gasteiger partial charge in [0.05, 0.1) is 35.7 Å². The average molecular weight is 675 g/mol. The van der Waals surface area contributed by atoms with Crippen molar-refractivity contribution in [3.8, 4) is 11.5 Å². The van der Waals surface area contributed by atoms with Crippen LogP contribution in [0.2, 0.25) is 0 Å². The summed E-state index contributed by atoms with van der Waals surface area (Å²) in [5, 5.41) is 6.75. The summed E-state index contributed by atoms with van der Waals surface area (Å²) >= 11 is 0. The highest BCUT2D eigenvalue weighted by molar-refractivity contribution is 6.32. The molecule has 0 aromatic heterocycles. The Morgan fingerprint density at radius 2 is 0.800 bits per heavy atom. The molecule has 4 aromatic carbocycles. The summed E-state index contributed by atoms with van der Waals surface area (Å²) in [6.45, 7) is 5.90. The number of carbonyl (C=O) groups is 2. The number of unbranched alkanes of at least 4 members (excludes halogenated alkanes) is 12. The molecule has 0 fully saturated rings. The Balaban J connectivity index is 1.17. The summed E-state index contributed by atoms with van der Waals surface area (Å²) < 4.78 is 11.9. The summed E-state index contributed by atoms with van der Waals surface area (Å²) in [6, 6.07) is 26.3. The van der Waals surface area contributed by atoms with Crippen LogP contribution in [0.5, 0.6) is 11.5 Å². The third-order valence-corrected chi connectivity index (χ3v) is 9.37. The number of benzene rings is 4. The molecule has 0 aliphatic heterocycles. The quantitative estimate of drug-likeness (QED) is 0.0712. The standard InChI is InChI=1S/C44H54N2O4/c1-3-5-7-9-11-13-15-31-49-35-27-23-33(24-28-35)45-39-21-17-19-37-41(39)43(47)38-20-18-22-40(42(38)44(37)48)46-34-25-29-36(30-26-34)50-32-16-14-12-10-8-6-4-2/h17-30,45-46H,3-16,31-32H2,1-2H3. The Labute approximate surface area is 299 Å². The van der Waals surface area contributed by atoms with Crippen molar-refractivity contribution >= 4 is 34.3 Å². The maximum atomic E-state index is 14.0. The number of fused-ring (bicyclic) bond motifs is 2. The Morgan fingerprint density at radius 1 is 0.440 bits per heavy atom. The van der Waals surface area contributed by atoms with E-state index in [9.17, 15) is 9.59 Å². The zero-order valence-electron chi connectivity index (χ0n) is 30.0. The van der Waals surface area contributed by atoms with E-state index in [1.807, 2.05) is 72.8 Å². The van der Waals surface area contributed by atoms with Gasteiger partial charge in [0.25, 0.3) is 0 Å². The van der Waals surface area contributed by atoms with Crippen LogP contribution in [0.3, 0.4) is 0 Å². The number of nitrogens with one attached hydrogen (secondary N) is 2. The van der Waals surface area contributed by atoms with Crippen LogP contribution in [-0.2, 0) is 0 Å². The minimum atomic E-state index is -0.176. The predicted octanol–water partition coefficient (Wildman–Crippen LogP) is 12.2. The first-order valence-corrected chi connectivity index (χ1v) is 18.9. The van der Waals surface area contributed by atoms with Crippen LogP contribution in [0.4, 0.5) is 22.7 Å². The Morgan fingerprint density at radius 3 is 1.18 bits per heavy atom. The normalized spacial score (nSPS) is 12.0. The summed E-state index contributed by atoms with van der Waals surface area (Å²) in [5.74, 6) is 1.29. The van der Waals surface area contributed by atoms with Gasteiger partial charge in [-0.05, 0) is 73.5 Å². The second kappa shape index (κ2) is 19.6. The first-order valence-electron chi connectivity index (χ1n) is 18.9. The van der Waals surface area contributed by atoms with Crippen LogP contribution in [0, 0.1) is 0 Å². The van der Waals surface area contributed by atoms with Crippen molar-refractivity contribution in [2.24, 2.45) is 0 Å². The van der Waals surface area contributed by atoms with Gasteiger partial charge >= 0.3 is 0 Å². The number of rotatable bonds is 22. The Kier molecular flexibility index (Phi) is 14.4. The predicted molar refractivity (Wildman–Crippen MR) is 206 cm³/mol. The van der Waals surface area contributed by atoms with Crippen LogP contribution in [0.15, 0.2) is 84.9 Å². The van der Waals surface area contributed by atoms with Crippen molar-refractivity contribution in [3.05, 3.63) is 107 Å². The molecule has 1 aliphatic carbocycles. The van der Waals surface area contributed by atoms with Gasteiger partial charge in [-0.25, -0.2) is 0 Å². The fourth-order valence-corrected chi connectivity index (χ4v) is 6.53. The molecule has 0 saturated heterocycles. The van der Waals surface area contributed by atoms with Crippen LogP contribution in [-0.4, -0.2) is 24.8 Å². The highest BCUT2D eigenvalue weighted by Crippen LogP contribution is 2.37.